The molecule has 0 spiro atoms. The molecule has 0 radical (unpaired) electrons. The van der Waals surface area contributed by atoms with Gasteiger partial charge in [-0.25, -0.2) is 0 Å². The maximum Gasteiger partial charge on any atom is 0.208 e. The van der Waals surface area contributed by atoms with Crippen LogP contribution in [0.3, 0.4) is 0 Å². The van der Waals surface area contributed by atoms with Gasteiger partial charge in [-0.05, 0) is 39.0 Å². The van der Waals surface area contributed by atoms with Crippen LogP contribution < -0.4 is 10.2 Å². The number of piperidine rings is 1. The van der Waals surface area contributed by atoms with Gasteiger partial charge in [0, 0.05) is 24.7 Å². The van der Waals surface area contributed by atoms with Crippen LogP contribution >= 0.6 is 11.3 Å². The molecule has 0 aromatic carbocycles. The fraction of sp³-hybridized carbons (Fsp3) is 0.846. The Kier molecular flexibility index (Phi) is 3.52. The van der Waals surface area contributed by atoms with Crippen LogP contribution in [0.15, 0.2) is 0 Å². The summed E-state index contributed by atoms with van der Waals surface area (Å²) in [6.07, 6.45) is 6.44. The number of aryl methyl sites for hydroxylation is 1. The molecule has 1 N–H and O–H groups in total. The first-order valence-electron chi connectivity index (χ1n) is 7.09. The van der Waals surface area contributed by atoms with Gasteiger partial charge in [-0.3, -0.25) is 0 Å². The maximum absolute atomic E-state index is 4.35. The molecule has 2 fully saturated rings. The topological polar surface area (TPSA) is 41.1 Å². The van der Waals surface area contributed by atoms with Gasteiger partial charge in [-0.1, -0.05) is 18.3 Å². The standard InChI is InChI=1S/C13H22N4S/c1-3-6-17(13-16-15-9(2)18-13)12-7-10-4-5-11(8-12)14-10/h10-12,14H,3-8H2,1-2H3. The average Bonchev–Trinajstić information content (AvgIpc) is 2.92. The Hall–Kier alpha value is -0.680. The second-order valence-corrected chi connectivity index (χ2v) is 6.72. The zero-order valence-electron chi connectivity index (χ0n) is 11.2. The van der Waals surface area contributed by atoms with E-state index in [-0.39, 0.29) is 0 Å². The summed E-state index contributed by atoms with van der Waals surface area (Å²) in [5, 5.41) is 14.4. The van der Waals surface area contributed by atoms with Crippen molar-refractivity contribution < 1.29 is 0 Å². The highest BCUT2D eigenvalue weighted by Crippen LogP contribution is 2.33. The number of nitrogens with zero attached hydrogens (tertiary/aromatic N) is 3. The van der Waals surface area contributed by atoms with E-state index in [0.29, 0.717) is 6.04 Å². The molecule has 5 heteroatoms. The molecule has 0 amide bonds. The minimum absolute atomic E-state index is 0.663. The van der Waals surface area contributed by atoms with Crippen molar-refractivity contribution in [1.29, 1.82) is 0 Å². The molecule has 1 aromatic rings. The van der Waals surface area contributed by atoms with E-state index in [0.717, 1.165) is 28.8 Å². The number of hydrogen-bond acceptors (Lipinski definition) is 5. The molecular formula is C13H22N4S. The van der Waals surface area contributed by atoms with Crippen LogP contribution in [0.2, 0.25) is 0 Å². The van der Waals surface area contributed by atoms with Crippen molar-refractivity contribution >= 4 is 16.5 Å². The van der Waals surface area contributed by atoms with Crippen LogP contribution in [0, 0.1) is 6.92 Å². The number of fused-ring (bicyclic) bond motifs is 2. The zero-order valence-corrected chi connectivity index (χ0v) is 12.0. The molecule has 2 unspecified atom stereocenters. The second-order valence-electron chi connectivity index (χ2n) is 5.56. The average molecular weight is 266 g/mol. The summed E-state index contributed by atoms with van der Waals surface area (Å²) in [6.45, 7) is 5.40. The molecule has 4 nitrogen and oxygen atoms in total. The van der Waals surface area contributed by atoms with Gasteiger partial charge in [0.25, 0.3) is 0 Å². The van der Waals surface area contributed by atoms with Crippen LogP contribution in [0.25, 0.3) is 0 Å². The van der Waals surface area contributed by atoms with Crippen molar-refractivity contribution in [2.24, 2.45) is 0 Å². The zero-order chi connectivity index (χ0) is 12.5. The predicted molar refractivity (Wildman–Crippen MR) is 75.3 cm³/mol. The SMILES string of the molecule is CCCN(c1nnc(C)s1)C1CC2CCC(C1)N2. The molecule has 2 aliphatic heterocycles. The Morgan fingerprint density at radius 2 is 2.00 bits per heavy atom. The quantitative estimate of drug-likeness (QED) is 0.908. The van der Waals surface area contributed by atoms with Crippen LogP contribution in [0.5, 0.6) is 0 Å². The molecule has 100 valence electrons. The van der Waals surface area contributed by atoms with Crippen molar-refractivity contribution in [2.45, 2.75) is 64.1 Å². The van der Waals surface area contributed by atoms with E-state index in [1.165, 1.54) is 32.1 Å². The van der Waals surface area contributed by atoms with Crippen LogP contribution in [0.1, 0.15) is 44.0 Å². The van der Waals surface area contributed by atoms with Crippen LogP contribution in [0.4, 0.5) is 5.13 Å². The lowest BCUT2D eigenvalue weighted by Crippen LogP contribution is -2.48. The maximum atomic E-state index is 4.35. The first kappa shape index (κ1) is 12.4. The van der Waals surface area contributed by atoms with Crippen LogP contribution in [-0.2, 0) is 0 Å². The van der Waals surface area contributed by atoms with E-state index in [1.807, 2.05) is 6.92 Å². The van der Waals surface area contributed by atoms with Gasteiger partial charge in [-0.15, -0.1) is 10.2 Å². The normalized spacial score (nSPS) is 30.7. The third-order valence-electron chi connectivity index (χ3n) is 4.11. The fourth-order valence-electron chi connectivity index (χ4n) is 3.36. The molecule has 3 rings (SSSR count). The monoisotopic (exact) mass is 266 g/mol. The fourth-order valence-corrected chi connectivity index (χ4v) is 4.14. The third-order valence-corrected chi connectivity index (χ3v) is 4.99. The largest absolute Gasteiger partial charge is 0.344 e. The van der Waals surface area contributed by atoms with Gasteiger partial charge in [0.1, 0.15) is 5.01 Å². The molecule has 1 aromatic heterocycles. The Balaban J connectivity index is 1.77. The molecule has 2 bridgehead atoms. The van der Waals surface area contributed by atoms with Gasteiger partial charge < -0.3 is 10.2 Å². The Morgan fingerprint density at radius 1 is 1.28 bits per heavy atom. The number of nitrogens with one attached hydrogen (secondary N) is 1. The summed E-state index contributed by atoms with van der Waals surface area (Å²) in [5.74, 6) is 0. The highest BCUT2D eigenvalue weighted by molar-refractivity contribution is 7.15. The van der Waals surface area contributed by atoms with Gasteiger partial charge >= 0.3 is 0 Å². The summed E-state index contributed by atoms with van der Waals surface area (Å²) >= 11 is 1.74. The molecule has 0 saturated carbocycles. The summed E-state index contributed by atoms with van der Waals surface area (Å²) in [4.78, 5) is 2.51. The molecule has 2 saturated heterocycles. The smallest absolute Gasteiger partial charge is 0.208 e. The van der Waals surface area contributed by atoms with Crippen molar-refractivity contribution in [3.8, 4) is 0 Å². The summed E-state index contributed by atoms with van der Waals surface area (Å²) in [5.41, 5.74) is 0. The molecule has 0 aliphatic carbocycles. The van der Waals surface area contributed by atoms with E-state index in [4.69, 9.17) is 0 Å². The molecule has 3 heterocycles. The third kappa shape index (κ3) is 2.38. The molecular weight excluding hydrogens is 244 g/mol. The minimum atomic E-state index is 0.663. The van der Waals surface area contributed by atoms with Gasteiger partial charge in [0.15, 0.2) is 0 Å². The summed E-state index contributed by atoms with van der Waals surface area (Å²) < 4.78 is 0. The van der Waals surface area contributed by atoms with Crippen molar-refractivity contribution in [2.75, 3.05) is 11.4 Å². The summed E-state index contributed by atoms with van der Waals surface area (Å²) in [6, 6.07) is 2.14. The number of hydrogen-bond donors (Lipinski definition) is 1. The Morgan fingerprint density at radius 3 is 2.56 bits per heavy atom. The highest BCUT2D eigenvalue weighted by Gasteiger charge is 2.36. The first-order chi connectivity index (χ1) is 8.76. The molecule has 2 atom stereocenters. The van der Waals surface area contributed by atoms with E-state index in [2.05, 4.69) is 27.3 Å². The van der Waals surface area contributed by atoms with Crippen molar-refractivity contribution in [3.05, 3.63) is 5.01 Å². The lowest BCUT2D eigenvalue weighted by Gasteiger charge is -2.37. The van der Waals surface area contributed by atoms with Crippen molar-refractivity contribution in [1.82, 2.24) is 15.5 Å². The number of aromatic nitrogens is 2. The van der Waals surface area contributed by atoms with Gasteiger partial charge in [0.2, 0.25) is 5.13 Å². The minimum Gasteiger partial charge on any atom is -0.344 e. The lowest BCUT2D eigenvalue weighted by atomic mass is 9.98. The molecule has 18 heavy (non-hydrogen) atoms. The van der Waals surface area contributed by atoms with E-state index in [1.54, 1.807) is 11.3 Å². The number of rotatable bonds is 4. The highest BCUT2D eigenvalue weighted by atomic mass is 32.1. The number of anilines is 1. The molecule has 2 aliphatic rings. The van der Waals surface area contributed by atoms with Gasteiger partial charge in [-0.2, -0.15) is 0 Å². The Bertz CT molecular complexity index is 393. The summed E-state index contributed by atoms with van der Waals surface area (Å²) in [7, 11) is 0. The van der Waals surface area contributed by atoms with Crippen molar-refractivity contribution in [3.63, 3.8) is 0 Å². The lowest BCUT2D eigenvalue weighted by molar-refractivity contribution is 0.346. The second kappa shape index (κ2) is 5.13. The van der Waals surface area contributed by atoms with E-state index < -0.39 is 0 Å². The van der Waals surface area contributed by atoms with E-state index in [9.17, 15) is 0 Å². The predicted octanol–water partition coefficient (Wildman–Crippen LogP) is 2.35. The Labute approximate surface area is 113 Å². The van der Waals surface area contributed by atoms with Gasteiger partial charge in [0.05, 0.1) is 0 Å². The first-order valence-corrected chi connectivity index (χ1v) is 7.90. The van der Waals surface area contributed by atoms with E-state index >= 15 is 0 Å². The van der Waals surface area contributed by atoms with Crippen LogP contribution in [-0.4, -0.2) is 34.9 Å².